The van der Waals surface area contributed by atoms with Crippen LogP contribution in [0.1, 0.15) is 5.56 Å². The summed E-state index contributed by atoms with van der Waals surface area (Å²) in [5.74, 6) is -0.703. The van der Waals surface area contributed by atoms with Crippen LogP contribution in [0.3, 0.4) is 0 Å². The van der Waals surface area contributed by atoms with Crippen molar-refractivity contribution in [1.82, 2.24) is 4.31 Å². The Morgan fingerprint density at radius 1 is 1.19 bits per heavy atom. The molecular weight excluding hydrogens is 310 g/mol. The molecule has 112 valence electrons. The third-order valence-corrected chi connectivity index (χ3v) is 5.92. The molecule has 2 rings (SSSR count). The van der Waals surface area contributed by atoms with E-state index in [1.807, 2.05) is 0 Å². The fraction of sp³-hybridized carbons (Fsp3) is 0.154. The van der Waals surface area contributed by atoms with Gasteiger partial charge in [-0.05, 0) is 29.1 Å². The molecule has 0 unspecified atom stereocenters. The van der Waals surface area contributed by atoms with E-state index in [1.54, 1.807) is 35.7 Å². The van der Waals surface area contributed by atoms with Gasteiger partial charge in [-0.3, -0.25) is 4.79 Å². The number of hydrogen-bond acceptors (Lipinski definition) is 5. The zero-order valence-corrected chi connectivity index (χ0v) is 12.7. The summed E-state index contributed by atoms with van der Waals surface area (Å²) in [5.41, 5.74) is 12.1. The lowest BCUT2D eigenvalue weighted by molar-refractivity contribution is -0.118. The zero-order chi connectivity index (χ0) is 15.5. The number of amides is 1. The van der Waals surface area contributed by atoms with Crippen LogP contribution in [0, 0.1) is 0 Å². The van der Waals surface area contributed by atoms with Crippen molar-refractivity contribution in [1.29, 1.82) is 0 Å². The molecule has 0 spiro atoms. The first-order valence-electron chi connectivity index (χ1n) is 6.06. The van der Waals surface area contributed by atoms with Gasteiger partial charge in [0, 0.05) is 12.2 Å². The third kappa shape index (κ3) is 3.81. The largest absolute Gasteiger partial charge is 0.399 e. The minimum absolute atomic E-state index is 0.0590. The number of nitrogen functional groups attached to an aromatic ring is 1. The number of rotatable bonds is 6. The summed E-state index contributed by atoms with van der Waals surface area (Å²) in [4.78, 5) is 11.2. The van der Waals surface area contributed by atoms with Crippen molar-refractivity contribution in [3.05, 3.63) is 47.3 Å². The molecule has 4 N–H and O–H groups in total. The minimum atomic E-state index is -3.74. The highest BCUT2D eigenvalue weighted by molar-refractivity contribution is 7.91. The van der Waals surface area contributed by atoms with Crippen molar-refractivity contribution in [2.75, 3.05) is 12.3 Å². The highest BCUT2D eigenvalue weighted by Crippen LogP contribution is 2.22. The number of nitrogens with two attached hydrogens (primary N) is 2. The Hall–Kier alpha value is -1.90. The second-order valence-electron chi connectivity index (χ2n) is 4.41. The van der Waals surface area contributed by atoms with Crippen molar-refractivity contribution in [2.45, 2.75) is 10.8 Å². The van der Waals surface area contributed by atoms with Crippen LogP contribution in [0.15, 0.2) is 46.0 Å². The molecular formula is C13H15N3O3S2. The number of anilines is 1. The Morgan fingerprint density at radius 3 is 2.38 bits per heavy atom. The topological polar surface area (TPSA) is 106 Å². The average molecular weight is 325 g/mol. The quantitative estimate of drug-likeness (QED) is 0.773. The molecule has 21 heavy (non-hydrogen) atoms. The number of carbonyl (C=O) groups excluding carboxylic acids is 1. The summed E-state index contributed by atoms with van der Waals surface area (Å²) in [6.07, 6.45) is 0. The van der Waals surface area contributed by atoms with E-state index in [0.717, 1.165) is 21.2 Å². The van der Waals surface area contributed by atoms with E-state index in [0.29, 0.717) is 5.69 Å². The normalized spacial score (nSPS) is 11.7. The molecule has 1 aromatic carbocycles. The Morgan fingerprint density at radius 2 is 1.86 bits per heavy atom. The van der Waals surface area contributed by atoms with Crippen molar-refractivity contribution in [3.63, 3.8) is 0 Å². The molecule has 0 aliphatic carbocycles. The maximum atomic E-state index is 12.5. The molecule has 6 nitrogen and oxygen atoms in total. The average Bonchev–Trinajstić information content (AvgIpc) is 2.94. The van der Waals surface area contributed by atoms with Crippen LogP contribution in [-0.4, -0.2) is 25.2 Å². The molecule has 0 fully saturated rings. The molecule has 0 saturated heterocycles. The molecule has 0 aliphatic rings. The van der Waals surface area contributed by atoms with E-state index in [-0.39, 0.29) is 17.3 Å². The van der Waals surface area contributed by atoms with Gasteiger partial charge in [-0.25, -0.2) is 8.42 Å². The summed E-state index contributed by atoms with van der Waals surface area (Å²) >= 11 is 1.10. The summed E-state index contributed by atoms with van der Waals surface area (Å²) in [6, 6.07) is 9.92. The first-order chi connectivity index (χ1) is 9.89. The molecule has 0 saturated carbocycles. The van der Waals surface area contributed by atoms with Gasteiger partial charge in [0.15, 0.2) is 0 Å². The minimum Gasteiger partial charge on any atom is -0.399 e. The monoisotopic (exact) mass is 325 g/mol. The molecule has 1 heterocycles. The zero-order valence-electron chi connectivity index (χ0n) is 11.1. The molecule has 0 bridgehead atoms. The Kier molecular flexibility index (Phi) is 4.61. The molecule has 0 atom stereocenters. The number of benzene rings is 1. The lowest BCUT2D eigenvalue weighted by Gasteiger charge is -2.20. The van der Waals surface area contributed by atoms with Crippen LogP contribution >= 0.6 is 11.3 Å². The number of carbonyl (C=O) groups is 1. The van der Waals surface area contributed by atoms with E-state index >= 15 is 0 Å². The molecule has 0 radical (unpaired) electrons. The fourth-order valence-corrected chi connectivity index (χ4v) is 4.30. The van der Waals surface area contributed by atoms with E-state index in [2.05, 4.69) is 0 Å². The Balaban J connectivity index is 2.30. The first-order valence-corrected chi connectivity index (χ1v) is 8.38. The summed E-state index contributed by atoms with van der Waals surface area (Å²) < 4.78 is 26.3. The van der Waals surface area contributed by atoms with Gasteiger partial charge in [0.25, 0.3) is 10.0 Å². The van der Waals surface area contributed by atoms with Crippen molar-refractivity contribution in [3.8, 4) is 0 Å². The first kappa shape index (κ1) is 15.5. The highest BCUT2D eigenvalue weighted by atomic mass is 32.2. The fourth-order valence-electron chi connectivity index (χ4n) is 1.76. The highest BCUT2D eigenvalue weighted by Gasteiger charge is 2.26. The third-order valence-electron chi connectivity index (χ3n) is 2.76. The van der Waals surface area contributed by atoms with Gasteiger partial charge in [0.05, 0.1) is 6.54 Å². The smallest absolute Gasteiger partial charge is 0.253 e. The van der Waals surface area contributed by atoms with Crippen LogP contribution in [-0.2, 0) is 21.4 Å². The van der Waals surface area contributed by atoms with Gasteiger partial charge in [0.1, 0.15) is 4.21 Å². The van der Waals surface area contributed by atoms with Gasteiger partial charge in [-0.2, -0.15) is 4.31 Å². The van der Waals surface area contributed by atoms with Crippen LogP contribution in [0.25, 0.3) is 0 Å². The number of primary amides is 1. The van der Waals surface area contributed by atoms with Gasteiger partial charge in [0.2, 0.25) is 5.91 Å². The number of hydrogen-bond donors (Lipinski definition) is 2. The summed E-state index contributed by atoms with van der Waals surface area (Å²) in [7, 11) is -3.74. The molecule has 1 aromatic heterocycles. The van der Waals surface area contributed by atoms with Crippen LogP contribution in [0.4, 0.5) is 5.69 Å². The number of thiophene rings is 1. The standard InChI is InChI=1S/C13H15N3O3S2/c14-11-5-3-10(4-6-11)8-16(9-12(15)17)21(18,19)13-2-1-7-20-13/h1-7H,8-9,14H2,(H2,15,17). The molecule has 8 heteroatoms. The van der Waals surface area contributed by atoms with Crippen LogP contribution in [0.5, 0.6) is 0 Å². The Labute approximate surface area is 127 Å². The molecule has 2 aromatic rings. The van der Waals surface area contributed by atoms with Gasteiger partial charge in [-0.1, -0.05) is 18.2 Å². The maximum Gasteiger partial charge on any atom is 0.253 e. The van der Waals surface area contributed by atoms with Crippen LogP contribution in [0.2, 0.25) is 0 Å². The summed E-state index contributed by atoms with van der Waals surface area (Å²) in [6.45, 7) is -0.311. The lowest BCUT2D eigenvalue weighted by atomic mass is 10.2. The van der Waals surface area contributed by atoms with Gasteiger partial charge in [-0.15, -0.1) is 11.3 Å². The van der Waals surface area contributed by atoms with Gasteiger partial charge >= 0.3 is 0 Å². The van der Waals surface area contributed by atoms with E-state index < -0.39 is 15.9 Å². The molecule has 1 amide bonds. The van der Waals surface area contributed by atoms with Crippen LogP contribution < -0.4 is 11.5 Å². The predicted octanol–water partition coefficient (Wildman–Crippen LogP) is 1.01. The van der Waals surface area contributed by atoms with Crippen molar-refractivity contribution < 1.29 is 13.2 Å². The predicted molar refractivity (Wildman–Crippen MR) is 82.0 cm³/mol. The number of nitrogens with zero attached hydrogens (tertiary/aromatic N) is 1. The van der Waals surface area contributed by atoms with Gasteiger partial charge < -0.3 is 11.5 Å². The van der Waals surface area contributed by atoms with Crippen molar-refractivity contribution >= 4 is 33.0 Å². The molecule has 0 aliphatic heterocycles. The summed E-state index contributed by atoms with van der Waals surface area (Å²) in [5, 5.41) is 1.67. The van der Waals surface area contributed by atoms with Crippen molar-refractivity contribution in [2.24, 2.45) is 5.73 Å². The van der Waals surface area contributed by atoms with E-state index in [4.69, 9.17) is 11.5 Å². The second-order valence-corrected chi connectivity index (χ2v) is 7.53. The maximum absolute atomic E-state index is 12.5. The van der Waals surface area contributed by atoms with E-state index in [1.165, 1.54) is 6.07 Å². The lowest BCUT2D eigenvalue weighted by Crippen LogP contribution is -2.37. The number of sulfonamides is 1. The Bertz CT molecular complexity index is 710. The van der Waals surface area contributed by atoms with E-state index in [9.17, 15) is 13.2 Å². The second kappa shape index (κ2) is 6.25. The SMILES string of the molecule is NC(=O)CN(Cc1ccc(N)cc1)S(=O)(=O)c1cccs1.